The van der Waals surface area contributed by atoms with E-state index in [-0.39, 0.29) is 24.3 Å². The first kappa shape index (κ1) is 75.8. The Morgan fingerprint density at radius 1 is 0.495 bits per heavy atom. The normalized spacial score (nSPS) is 18.2. The van der Waals surface area contributed by atoms with Crippen LogP contribution < -0.4 is 63.8 Å². The number of pyridine rings is 5. The molecule has 1 unspecified atom stereocenters. The minimum Gasteiger partial charge on any atom is -0.444 e. The van der Waals surface area contributed by atoms with Crippen molar-refractivity contribution in [1.82, 2.24) is 50.3 Å². The van der Waals surface area contributed by atoms with Gasteiger partial charge in [0.05, 0.1) is 107 Å². The molecular formula is C69H110N20O8. The van der Waals surface area contributed by atoms with Gasteiger partial charge >= 0.3 is 18.3 Å². The van der Waals surface area contributed by atoms with E-state index in [0.29, 0.717) is 49.8 Å². The smallest absolute Gasteiger partial charge is 0.410 e. The predicted octanol–water partition coefficient (Wildman–Crippen LogP) is 7.04. The average molecular weight is 1350 g/mol. The van der Waals surface area contributed by atoms with Crippen LogP contribution >= 0.6 is 0 Å². The zero-order valence-electron chi connectivity index (χ0n) is 59.0. The Balaban J connectivity index is 0.000000171. The predicted molar refractivity (Wildman–Crippen MR) is 386 cm³/mol. The van der Waals surface area contributed by atoms with Crippen LogP contribution in [-0.2, 0) is 23.7 Å². The summed E-state index contributed by atoms with van der Waals surface area (Å²) < 4.78 is 26.6. The van der Waals surface area contributed by atoms with Crippen molar-refractivity contribution in [3.05, 3.63) is 92.3 Å². The van der Waals surface area contributed by atoms with Gasteiger partial charge in [-0.25, -0.2) is 14.4 Å². The third-order valence-electron chi connectivity index (χ3n) is 16.9. The standard InChI is InChI=1S/C15H24N4O3.C15H24N4O2.C14H22N4O2.C13H20N4.C12H20N4O/c1-15(2,3)22-14(20)18-8-11-10-19(6-7-21-11)13-4-5-17-9-12(13)16;1-15(2,3)21-14(20)18-11-5-8-19(9-6-11)13-4-7-17-10-12(13)16;1-14(2,3)20-13(19)18-8-6-17(7-9-18)12-4-5-16-10-11(12)15;14-12-10-15-5-4-13(12)17-8-6-16(7-9-17)11-2-1-3-11;1-17-9-8-15-4-6-16(7-5-15)12-2-3-14-10-11(12)13/h4-5,9,11H,6-8,10,16H2,1-3H3,(H,18,20);4,7,10-11H,5-6,8-9,16H2,1-3H3,(H,18,20);4-5,10H,6-9,15H2,1-3H3;4-5,10-11H,1-3,6-9,14H2;2-3,10H,4-9,13H2,1H3. The molecule has 28 heteroatoms. The summed E-state index contributed by atoms with van der Waals surface area (Å²) in [5, 5.41) is 5.67. The molecule has 0 aromatic carbocycles. The highest BCUT2D eigenvalue weighted by atomic mass is 16.6. The highest BCUT2D eigenvalue weighted by molar-refractivity contribution is 5.72. The lowest BCUT2D eigenvalue weighted by atomic mass is 9.91. The van der Waals surface area contributed by atoms with E-state index in [4.69, 9.17) is 52.4 Å². The molecule has 0 bridgehead atoms. The molecule has 3 amide bonds. The van der Waals surface area contributed by atoms with Crippen molar-refractivity contribution in [2.75, 3.05) is 191 Å². The van der Waals surface area contributed by atoms with Gasteiger partial charge in [-0.15, -0.1) is 0 Å². The number of morpholine rings is 1. The Labute approximate surface area is 574 Å². The Morgan fingerprint density at radius 3 is 1.28 bits per heavy atom. The zero-order valence-corrected chi connectivity index (χ0v) is 59.0. The van der Waals surface area contributed by atoms with Crippen molar-refractivity contribution in [2.45, 2.75) is 129 Å². The van der Waals surface area contributed by atoms with Gasteiger partial charge in [0, 0.05) is 168 Å². The molecule has 11 rings (SSSR count). The number of piperazine rings is 3. The molecule has 1 saturated carbocycles. The number of nitrogens with two attached hydrogens (primary N) is 5. The molecule has 6 aliphatic rings. The lowest BCUT2D eigenvalue weighted by Crippen LogP contribution is -2.52. The van der Waals surface area contributed by atoms with Crippen molar-refractivity contribution in [1.29, 1.82) is 0 Å². The van der Waals surface area contributed by atoms with E-state index in [0.717, 1.165) is 144 Å². The first-order valence-electron chi connectivity index (χ1n) is 34.0. The molecule has 5 aromatic heterocycles. The summed E-state index contributed by atoms with van der Waals surface area (Å²) in [6.07, 6.45) is 22.1. The fourth-order valence-corrected chi connectivity index (χ4v) is 11.7. The van der Waals surface area contributed by atoms with Crippen molar-refractivity contribution < 1.29 is 38.1 Å². The highest BCUT2D eigenvalue weighted by Crippen LogP contribution is 2.30. The Hall–Kier alpha value is -8.60. The van der Waals surface area contributed by atoms with Gasteiger partial charge in [-0.3, -0.25) is 34.7 Å². The Bertz CT molecular complexity index is 3190. The maximum Gasteiger partial charge on any atom is 0.410 e. The van der Waals surface area contributed by atoms with Gasteiger partial charge in [-0.1, -0.05) is 6.42 Å². The van der Waals surface area contributed by atoms with Gasteiger partial charge in [-0.2, -0.15) is 0 Å². The minimum atomic E-state index is -0.505. The second kappa shape index (κ2) is 36.7. The summed E-state index contributed by atoms with van der Waals surface area (Å²) >= 11 is 0. The summed E-state index contributed by atoms with van der Waals surface area (Å²) in [5.41, 5.74) is 37.0. The molecule has 1 aliphatic carbocycles. The van der Waals surface area contributed by atoms with Crippen molar-refractivity contribution >= 4 is 75.2 Å². The van der Waals surface area contributed by atoms with Gasteiger partial charge in [0.1, 0.15) is 16.8 Å². The van der Waals surface area contributed by atoms with Gasteiger partial charge in [0.15, 0.2) is 0 Å². The molecule has 0 spiro atoms. The monoisotopic (exact) mass is 1350 g/mol. The molecule has 5 aliphatic heterocycles. The fraction of sp³-hybridized carbons (Fsp3) is 0.594. The average Bonchev–Trinajstić information content (AvgIpc) is 0.972. The third kappa shape index (κ3) is 25.4. The van der Waals surface area contributed by atoms with Crippen LogP contribution in [0.15, 0.2) is 92.3 Å². The quantitative estimate of drug-likeness (QED) is 0.0615. The van der Waals surface area contributed by atoms with E-state index in [1.165, 1.54) is 32.4 Å². The maximum absolute atomic E-state index is 12.0. The molecule has 5 aromatic rings. The van der Waals surface area contributed by atoms with E-state index < -0.39 is 22.9 Å². The number of nitrogens with zero attached hydrogens (tertiary/aromatic N) is 13. The Morgan fingerprint density at radius 2 is 0.887 bits per heavy atom. The van der Waals surface area contributed by atoms with Crippen molar-refractivity contribution in [3.63, 3.8) is 0 Å². The summed E-state index contributed by atoms with van der Waals surface area (Å²) in [7, 11) is 1.74. The van der Waals surface area contributed by atoms with Crippen molar-refractivity contribution in [3.8, 4) is 0 Å². The summed E-state index contributed by atoms with van der Waals surface area (Å²) in [4.78, 5) is 73.5. The third-order valence-corrected chi connectivity index (χ3v) is 16.9. The number of piperidine rings is 1. The van der Waals surface area contributed by atoms with Gasteiger partial charge in [0.25, 0.3) is 0 Å². The second-order valence-corrected chi connectivity index (χ2v) is 27.8. The number of hydrogen-bond acceptors (Lipinski definition) is 25. The number of rotatable bonds is 12. The van der Waals surface area contributed by atoms with Gasteiger partial charge in [0.2, 0.25) is 0 Å². The summed E-state index contributed by atoms with van der Waals surface area (Å²) in [5.74, 6) is 0. The topological polar surface area (TPSA) is 342 Å². The number of anilines is 10. The number of hydrogen-bond donors (Lipinski definition) is 7. The minimum absolute atomic E-state index is 0.103. The van der Waals surface area contributed by atoms with E-state index in [2.05, 4.69) is 69.9 Å². The van der Waals surface area contributed by atoms with Crippen LogP contribution in [0, 0.1) is 0 Å². The number of alkyl carbamates (subject to hydrolysis) is 2. The molecule has 28 nitrogen and oxygen atoms in total. The maximum atomic E-state index is 12.0. The van der Waals surface area contributed by atoms with Crippen LogP contribution in [0.1, 0.15) is 94.4 Å². The molecule has 97 heavy (non-hydrogen) atoms. The number of nitrogens with one attached hydrogen (secondary N) is 2. The van der Waals surface area contributed by atoms with E-state index >= 15 is 0 Å². The van der Waals surface area contributed by atoms with Crippen LogP contribution in [0.25, 0.3) is 0 Å². The van der Waals surface area contributed by atoms with Crippen LogP contribution in [0.2, 0.25) is 0 Å². The van der Waals surface area contributed by atoms with Crippen molar-refractivity contribution in [2.24, 2.45) is 0 Å². The lowest BCUT2D eigenvalue weighted by molar-refractivity contribution is 0.0239. The number of ether oxygens (including phenoxy) is 5. The van der Waals surface area contributed by atoms with E-state index in [1.54, 1.807) is 67.8 Å². The molecule has 0 radical (unpaired) electrons. The van der Waals surface area contributed by atoms with Crippen LogP contribution in [0.5, 0.6) is 0 Å². The van der Waals surface area contributed by atoms with Crippen LogP contribution in [0.4, 0.5) is 71.3 Å². The molecule has 1 atom stereocenters. The molecule has 6 fully saturated rings. The SMILES string of the molecule is CC(C)(C)OC(=O)N1CCN(c2ccncc2N)CC1.CC(C)(C)OC(=O)NC1CCN(c2ccncc2N)CC1.CC(C)(C)OC(=O)NCC1CN(c2ccncc2N)CCO1.COCCN1CCN(c2ccncc2N)CC1.Nc1cnccc1N1CCN(C2CCC2)CC1. The first-order valence-corrected chi connectivity index (χ1v) is 34.0. The highest BCUT2D eigenvalue weighted by Gasteiger charge is 2.31. The molecule has 5 saturated heterocycles. The zero-order chi connectivity index (χ0) is 70.1. The summed E-state index contributed by atoms with van der Waals surface area (Å²) in [6.45, 7) is 34.1. The first-order chi connectivity index (χ1) is 46.2. The van der Waals surface area contributed by atoms with Crippen LogP contribution in [0.3, 0.4) is 0 Å². The van der Waals surface area contributed by atoms with Gasteiger partial charge in [-0.05, 0) is 118 Å². The number of carbonyl (C=O) groups excluding carboxylic acids is 3. The van der Waals surface area contributed by atoms with Crippen LogP contribution in [-0.4, -0.2) is 231 Å². The van der Waals surface area contributed by atoms with E-state index in [9.17, 15) is 14.4 Å². The number of nitrogen functional groups attached to an aromatic ring is 5. The molecule has 534 valence electrons. The van der Waals surface area contributed by atoms with Gasteiger partial charge < -0.3 is 92.4 Å². The number of carbonyl (C=O) groups is 3. The largest absolute Gasteiger partial charge is 0.444 e. The Kier molecular flexibility index (Phi) is 28.6. The second-order valence-electron chi connectivity index (χ2n) is 27.8. The lowest BCUT2D eigenvalue weighted by Gasteiger charge is -2.43. The fourth-order valence-electron chi connectivity index (χ4n) is 11.7. The summed E-state index contributed by atoms with van der Waals surface area (Å²) in [6, 6.07) is 10.7. The van der Waals surface area contributed by atoms with E-state index in [1.807, 2.05) is 98.8 Å². The number of methoxy groups -OCH3 is 1. The molecule has 12 N–H and O–H groups in total. The number of aromatic nitrogens is 5. The number of amides is 3. The molecular weight excluding hydrogens is 1240 g/mol. The molecule has 10 heterocycles.